The van der Waals surface area contributed by atoms with Crippen molar-refractivity contribution in [3.8, 4) is 11.5 Å². The highest BCUT2D eigenvalue weighted by molar-refractivity contribution is 6.30. The Bertz CT molecular complexity index is 1040. The molecule has 1 unspecified atom stereocenters. The molecule has 1 fully saturated rings. The maximum Gasteiger partial charge on any atom is 0.331 e. The van der Waals surface area contributed by atoms with Gasteiger partial charge in [-0.25, -0.2) is 14.8 Å². The number of rotatable bonds is 5. The van der Waals surface area contributed by atoms with E-state index in [0.717, 1.165) is 53.9 Å². The zero-order valence-corrected chi connectivity index (χ0v) is 18.0. The zero-order valence-electron chi connectivity index (χ0n) is 16.4. The molecular formula is C21H25Cl2N5O. The highest BCUT2D eigenvalue weighted by Gasteiger charge is 2.33. The minimum absolute atomic E-state index is 0. The first kappa shape index (κ1) is 20.2. The smallest absolute Gasteiger partial charge is 0.331 e. The van der Waals surface area contributed by atoms with E-state index in [4.69, 9.17) is 21.6 Å². The van der Waals surface area contributed by atoms with Gasteiger partial charge in [0.25, 0.3) is 0 Å². The Hall–Kier alpha value is -2.05. The lowest BCUT2D eigenvalue weighted by Gasteiger charge is -2.21. The van der Waals surface area contributed by atoms with Crippen molar-refractivity contribution in [2.75, 3.05) is 5.32 Å². The van der Waals surface area contributed by atoms with E-state index in [0.29, 0.717) is 19.0 Å². The van der Waals surface area contributed by atoms with Crippen LogP contribution in [0.2, 0.25) is 5.02 Å². The van der Waals surface area contributed by atoms with Crippen LogP contribution in [0.25, 0.3) is 11.5 Å². The van der Waals surface area contributed by atoms with Crippen LogP contribution in [-0.2, 0) is 19.5 Å². The van der Waals surface area contributed by atoms with Crippen molar-refractivity contribution in [3.05, 3.63) is 51.2 Å². The average Bonchev–Trinajstić information content (AvgIpc) is 3.24. The fourth-order valence-corrected chi connectivity index (χ4v) is 4.35. The molecular weight excluding hydrogens is 409 g/mol. The van der Waals surface area contributed by atoms with Gasteiger partial charge in [0.2, 0.25) is 0 Å². The molecule has 5 rings (SSSR count). The zero-order chi connectivity index (χ0) is 19.3. The maximum atomic E-state index is 13.2. The van der Waals surface area contributed by atoms with Crippen LogP contribution in [-0.4, -0.2) is 25.1 Å². The number of nitrogens with one attached hydrogen (secondary N) is 1. The average molecular weight is 434 g/mol. The molecule has 1 aromatic carbocycles. The van der Waals surface area contributed by atoms with Crippen molar-refractivity contribution in [1.29, 1.82) is 0 Å². The Morgan fingerprint density at radius 2 is 1.97 bits per heavy atom. The van der Waals surface area contributed by atoms with Crippen molar-refractivity contribution in [2.45, 2.75) is 64.1 Å². The monoisotopic (exact) mass is 433 g/mol. The number of nitrogens with zero attached hydrogens (tertiary/aromatic N) is 4. The van der Waals surface area contributed by atoms with Gasteiger partial charge in [0.1, 0.15) is 17.3 Å². The first-order chi connectivity index (χ1) is 13.6. The quantitative estimate of drug-likeness (QED) is 0.649. The summed E-state index contributed by atoms with van der Waals surface area (Å²) >= 11 is 6.00. The summed E-state index contributed by atoms with van der Waals surface area (Å²) < 4.78 is 3.65. The highest BCUT2D eigenvalue weighted by Crippen LogP contribution is 2.38. The van der Waals surface area contributed by atoms with Gasteiger partial charge in [0.15, 0.2) is 5.82 Å². The summed E-state index contributed by atoms with van der Waals surface area (Å²) in [4.78, 5) is 22.8. The number of imidazole rings is 1. The van der Waals surface area contributed by atoms with E-state index in [1.54, 1.807) is 4.57 Å². The van der Waals surface area contributed by atoms with Crippen LogP contribution in [0.4, 0.5) is 5.82 Å². The topological polar surface area (TPSA) is 64.7 Å². The molecule has 29 heavy (non-hydrogen) atoms. The van der Waals surface area contributed by atoms with Crippen molar-refractivity contribution < 1.29 is 0 Å². The first-order valence-electron chi connectivity index (χ1n) is 10.2. The SMILES string of the molecule is CCCn1c2nc(C3CCC3)nc-2c2n(c1=O)CC(Cc1ccc(Cl)cc1)N2.Cl. The lowest BCUT2D eigenvalue weighted by atomic mass is 9.85. The van der Waals surface area contributed by atoms with Crippen molar-refractivity contribution in [3.63, 3.8) is 0 Å². The largest absolute Gasteiger partial charge is 0.365 e. The minimum Gasteiger partial charge on any atom is -0.365 e. The summed E-state index contributed by atoms with van der Waals surface area (Å²) in [7, 11) is 0. The molecule has 4 aliphatic rings. The standard InChI is InChI=1S/C21H24ClN5O.ClH/c1-2-10-26-20-17(24-18(25-20)14-4-3-5-14)19-23-16(12-27(19)21(26)28)11-13-6-8-15(22)9-7-13;/h6-9,14,16,23H,2-5,10-12H2,1H3;1H. The van der Waals surface area contributed by atoms with Crippen LogP contribution >= 0.6 is 24.0 Å². The van der Waals surface area contributed by atoms with E-state index in [1.807, 2.05) is 28.8 Å². The molecule has 3 heterocycles. The summed E-state index contributed by atoms with van der Waals surface area (Å²) in [5, 5.41) is 4.29. The Kier molecular flexibility index (Phi) is 5.58. The summed E-state index contributed by atoms with van der Waals surface area (Å²) in [5.74, 6) is 2.91. The van der Waals surface area contributed by atoms with Gasteiger partial charge in [-0.15, -0.1) is 12.4 Å². The number of halogens is 2. The van der Waals surface area contributed by atoms with Crippen LogP contribution in [0, 0.1) is 0 Å². The second-order valence-electron chi connectivity index (χ2n) is 7.95. The van der Waals surface area contributed by atoms with E-state index in [9.17, 15) is 4.79 Å². The molecule has 3 aliphatic heterocycles. The summed E-state index contributed by atoms with van der Waals surface area (Å²) in [6, 6.07) is 8.05. The number of hydrogen-bond acceptors (Lipinski definition) is 4. The molecule has 6 nitrogen and oxygen atoms in total. The van der Waals surface area contributed by atoms with Gasteiger partial charge < -0.3 is 5.32 Å². The fraction of sp³-hybridized carbons (Fsp3) is 0.476. The lowest BCUT2D eigenvalue weighted by Crippen LogP contribution is -2.32. The van der Waals surface area contributed by atoms with Gasteiger partial charge in [-0.1, -0.05) is 37.1 Å². The normalized spacial score (nSPS) is 18.2. The van der Waals surface area contributed by atoms with Crippen LogP contribution in [0.15, 0.2) is 29.1 Å². The molecule has 8 heteroatoms. The van der Waals surface area contributed by atoms with Crippen LogP contribution in [0.1, 0.15) is 49.9 Å². The van der Waals surface area contributed by atoms with E-state index in [1.165, 1.54) is 12.0 Å². The fourth-order valence-electron chi connectivity index (χ4n) is 4.23. The Balaban J connectivity index is 0.00000205. The summed E-state index contributed by atoms with van der Waals surface area (Å²) in [6.07, 6.45) is 5.26. The van der Waals surface area contributed by atoms with Gasteiger partial charge in [0.05, 0.1) is 0 Å². The third-order valence-electron chi connectivity index (χ3n) is 5.93. The number of fused-ring (bicyclic) bond motifs is 3. The molecule has 0 spiro atoms. The van der Waals surface area contributed by atoms with Gasteiger partial charge >= 0.3 is 5.69 Å². The summed E-state index contributed by atoms with van der Waals surface area (Å²) in [6.45, 7) is 3.39. The van der Waals surface area contributed by atoms with E-state index in [-0.39, 0.29) is 24.1 Å². The van der Waals surface area contributed by atoms with E-state index in [2.05, 4.69) is 12.2 Å². The van der Waals surface area contributed by atoms with Gasteiger partial charge in [-0.05, 0) is 43.4 Å². The van der Waals surface area contributed by atoms with Crippen molar-refractivity contribution >= 4 is 29.8 Å². The molecule has 0 saturated heterocycles. The molecule has 154 valence electrons. The molecule has 0 bridgehead atoms. The van der Waals surface area contributed by atoms with E-state index >= 15 is 0 Å². The summed E-state index contributed by atoms with van der Waals surface area (Å²) in [5.41, 5.74) is 2.05. The third-order valence-corrected chi connectivity index (χ3v) is 6.18. The second-order valence-corrected chi connectivity index (χ2v) is 8.38. The van der Waals surface area contributed by atoms with Crippen molar-refractivity contribution in [1.82, 2.24) is 19.1 Å². The predicted molar refractivity (Wildman–Crippen MR) is 118 cm³/mol. The highest BCUT2D eigenvalue weighted by atomic mass is 35.5. The Morgan fingerprint density at radius 3 is 2.62 bits per heavy atom. The van der Waals surface area contributed by atoms with Crippen LogP contribution in [0.3, 0.4) is 0 Å². The number of hydrogen-bond donors (Lipinski definition) is 1. The molecule has 0 amide bonds. The van der Waals surface area contributed by atoms with Crippen LogP contribution in [0.5, 0.6) is 0 Å². The molecule has 1 aromatic rings. The Morgan fingerprint density at radius 1 is 1.21 bits per heavy atom. The molecule has 1 aliphatic carbocycles. The molecule has 1 atom stereocenters. The van der Waals surface area contributed by atoms with Crippen molar-refractivity contribution in [2.24, 2.45) is 0 Å². The second kappa shape index (κ2) is 8.00. The van der Waals surface area contributed by atoms with Gasteiger partial charge in [-0.3, -0.25) is 9.13 Å². The molecule has 1 saturated carbocycles. The Labute approximate surface area is 181 Å². The first-order valence-corrected chi connectivity index (χ1v) is 10.5. The lowest BCUT2D eigenvalue weighted by molar-refractivity contribution is 0.404. The third kappa shape index (κ3) is 3.53. The number of benzene rings is 1. The van der Waals surface area contributed by atoms with Crippen LogP contribution < -0.4 is 11.0 Å². The molecule has 0 aromatic heterocycles. The number of anilines is 1. The van der Waals surface area contributed by atoms with E-state index < -0.39 is 0 Å². The number of aromatic nitrogens is 4. The predicted octanol–water partition coefficient (Wildman–Crippen LogP) is 4.33. The van der Waals surface area contributed by atoms with Gasteiger partial charge in [0, 0.05) is 30.1 Å². The minimum atomic E-state index is 0. The molecule has 1 N–H and O–H groups in total. The van der Waals surface area contributed by atoms with Gasteiger partial charge in [-0.2, -0.15) is 0 Å². The molecule has 0 radical (unpaired) electrons. The maximum absolute atomic E-state index is 13.2.